The Kier molecular flexibility index (Phi) is 5.43. The van der Waals surface area contributed by atoms with E-state index in [0.29, 0.717) is 6.42 Å². The van der Waals surface area contributed by atoms with E-state index >= 15 is 0 Å². The van der Waals surface area contributed by atoms with Gasteiger partial charge in [0, 0.05) is 18.7 Å². The number of hydrogen-bond donors (Lipinski definition) is 1. The lowest BCUT2D eigenvalue weighted by Gasteiger charge is -2.22. The number of amides is 1. The van der Waals surface area contributed by atoms with E-state index in [1.54, 1.807) is 0 Å². The van der Waals surface area contributed by atoms with Crippen molar-refractivity contribution in [2.75, 3.05) is 11.9 Å². The Morgan fingerprint density at radius 3 is 2.43 bits per heavy atom. The van der Waals surface area contributed by atoms with Gasteiger partial charge in [-0.2, -0.15) is 0 Å². The van der Waals surface area contributed by atoms with Crippen LogP contribution in [-0.4, -0.2) is 18.6 Å². The number of nitrogens with one attached hydrogen (secondary N) is 1. The molecular formula is C20H23NO2. The fraction of sp³-hybridized carbons (Fsp3) is 0.350. The molecule has 1 saturated heterocycles. The summed E-state index contributed by atoms with van der Waals surface area (Å²) in [6.45, 7) is 0.841. The lowest BCUT2D eigenvalue weighted by molar-refractivity contribution is -0.117. The van der Waals surface area contributed by atoms with Crippen molar-refractivity contribution in [3.63, 3.8) is 0 Å². The van der Waals surface area contributed by atoms with E-state index < -0.39 is 0 Å². The van der Waals surface area contributed by atoms with Crippen molar-refractivity contribution in [3.05, 3.63) is 54.6 Å². The fourth-order valence-electron chi connectivity index (χ4n) is 2.93. The predicted octanol–water partition coefficient (Wildman–Crippen LogP) is 4.64. The van der Waals surface area contributed by atoms with Gasteiger partial charge in [0.2, 0.25) is 5.91 Å². The van der Waals surface area contributed by atoms with Crippen LogP contribution >= 0.6 is 0 Å². The summed E-state index contributed by atoms with van der Waals surface area (Å²) >= 11 is 0. The van der Waals surface area contributed by atoms with E-state index in [-0.39, 0.29) is 12.0 Å². The standard InChI is InChI=1S/C20H23NO2/c22-20(14-13-19-8-4-5-15-23-19)21-18-11-9-17(10-12-18)16-6-2-1-3-7-16/h1-3,6-7,9-12,19H,4-5,8,13-15H2,(H,21,22). The highest BCUT2D eigenvalue weighted by Crippen LogP contribution is 2.21. The van der Waals surface area contributed by atoms with Gasteiger partial charge in [-0.05, 0) is 48.9 Å². The van der Waals surface area contributed by atoms with E-state index in [2.05, 4.69) is 17.4 Å². The molecule has 1 aliphatic rings. The maximum absolute atomic E-state index is 12.0. The summed E-state index contributed by atoms with van der Waals surface area (Å²) in [7, 11) is 0. The minimum absolute atomic E-state index is 0.0617. The maximum atomic E-state index is 12.0. The van der Waals surface area contributed by atoms with Crippen LogP contribution < -0.4 is 5.32 Å². The molecule has 0 saturated carbocycles. The Bertz CT molecular complexity index is 616. The Morgan fingerprint density at radius 2 is 1.74 bits per heavy atom. The summed E-state index contributed by atoms with van der Waals surface area (Å²) in [6.07, 6.45) is 5.04. The molecule has 23 heavy (non-hydrogen) atoms. The summed E-state index contributed by atoms with van der Waals surface area (Å²) < 4.78 is 5.66. The van der Waals surface area contributed by atoms with Crippen molar-refractivity contribution in [2.24, 2.45) is 0 Å². The van der Waals surface area contributed by atoms with E-state index in [1.807, 2.05) is 42.5 Å². The first-order chi connectivity index (χ1) is 11.3. The number of benzene rings is 2. The van der Waals surface area contributed by atoms with Crippen LogP contribution in [0.15, 0.2) is 54.6 Å². The topological polar surface area (TPSA) is 38.3 Å². The molecule has 0 aliphatic carbocycles. The molecule has 0 spiro atoms. The molecule has 0 radical (unpaired) electrons. The Morgan fingerprint density at radius 1 is 1.00 bits per heavy atom. The van der Waals surface area contributed by atoms with Crippen LogP contribution in [0.3, 0.4) is 0 Å². The molecule has 0 bridgehead atoms. The third kappa shape index (κ3) is 4.67. The van der Waals surface area contributed by atoms with Crippen molar-refractivity contribution in [1.82, 2.24) is 0 Å². The number of carbonyl (C=O) groups excluding carboxylic acids is 1. The normalized spacial score (nSPS) is 17.7. The van der Waals surface area contributed by atoms with Gasteiger partial charge in [-0.25, -0.2) is 0 Å². The van der Waals surface area contributed by atoms with E-state index in [9.17, 15) is 4.79 Å². The largest absolute Gasteiger partial charge is 0.378 e. The number of hydrogen-bond acceptors (Lipinski definition) is 2. The van der Waals surface area contributed by atoms with Gasteiger partial charge in [-0.15, -0.1) is 0 Å². The predicted molar refractivity (Wildman–Crippen MR) is 93.3 cm³/mol. The van der Waals surface area contributed by atoms with Gasteiger partial charge in [-0.1, -0.05) is 42.5 Å². The van der Waals surface area contributed by atoms with Crippen molar-refractivity contribution in [1.29, 1.82) is 0 Å². The molecule has 3 heteroatoms. The lowest BCUT2D eigenvalue weighted by Crippen LogP contribution is -2.21. The first kappa shape index (κ1) is 15.8. The van der Waals surface area contributed by atoms with Gasteiger partial charge in [0.1, 0.15) is 0 Å². The summed E-state index contributed by atoms with van der Waals surface area (Å²) in [5.74, 6) is 0.0617. The molecule has 1 fully saturated rings. The summed E-state index contributed by atoms with van der Waals surface area (Å²) in [4.78, 5) is 12.0. The van der Waals surface area contributed by atoms with Gasteiger partial charge < -0.3 is 10.1 Å². The summed E-state index contributed by atoms with van der Waals surface area (Å²) in [5.41, 5.74) is 3.18. The van der Waals surface area contributed by atoms with Crippen LogP contribution in [0.1, 0.15) is 32.1 Å². The highest BCUT2D eigenvalue weighted by Gasteiger charge is 2.15. The fourth-order valence-corrected chi connectivity index (χ4v) is 2.93. The number of anilines is 1. The zero-order valence-electron chi connectivity index (χ0n) is 13.3. The summed E-state index contributed by atoms with van der Waals surface area (Å²) in [5, 5.41) is 2.97. The molecule has 1 amide bonds. The van der Waals surface area contributed by atoms with Crippen molar-refractivity contribution in [3.8, 4) is 11.1 Å². The van der Waals surface area contributed by atoms with Crippen LogP contribution in [0.2, 0.25) is 0 Å². The Balaban J connectivity index is 1.50. The maximum Gasteiger partial charge on any atom is 0.224 e. The van der Waals surface area contributed by atoms with E-state index in [1.165, 1.54) is 12.0 Å². The van der Waals surface area contributed by atoms with E-state index in [4.69, 9.17) is 4.74 Å². The molecule has 2 aromatic rings. The summed E-state index contributed by atoms with van der Waals surface area (Å²) in [6, 6.07) is 18.2. The highest BCUT2D eigenvalue weighted by atomic mass is 16.5. The zero-order valence-corrected chi connectivity index (χ0v) is 13.3. The van der Waals surface area contributed by atoms with Gasteiger partial charge in [-0.3, -0.25) is 4.79 Å². The van der Waals surface area contributed by atoms with Gasteiger partial charge in [0.15, 0.2) is 0 Å². The zero-order chi connectivity index (χ0) is 15.9. The number of rotatable bonds is 5. The van der Waals surface area contributed by atoms with Crippen LogP contribution in [0.25, 0.3) is 11.1 Å². The smallest absolute Gasteiger partial charge is 0.224 e. The molecule has 1 heterocycles. The second kappa shape index (κ2) is 7.93. The SMILES string of the molecule is O=C(CCC1CCCCO1)Nc1ccc(-c2ccccc2)cc1. The quantitative estimate of drug-likeness (QED) is 0.873. The number of carbonyl (C=O) groups is 1. The molecule has 3 nitrogen and oxygen atoms in total. The molecule has 1 unspecified atom stereocenters. The third-order valence-corrected chi connectivity index (χ3v) is 4.24. The first-order valence-electron chi connectivity index (χ1n) is 8.38. The van der Waals surface area contributed by atoms with Gasteiger partial charge >= 0.3 is 0 Å². The van der Waals surface area contributed by atoms with Crippen molar-refractivity contribution < 1.29 is 9.53 Å². The molecule has 1 aliphatic heterocycles. The van der Waals surface area contributed by atoms with Gasteiger partial charge in [0.05, 0.1) is 6.10 Å². The average molecular weight is 309 g/mol. The molecule has 120 valence electrons. The third-order valence-electron chi connectivity index (χ3n) is 4.24. The van der Waals surface area contributed by atoms with Gasteiger partial charge in [0.25, 0.3) is 0 Å². The molecule has 1 atom stereocenters. The lowest BCUT2D eigenvalue weighted by atomic mass is 10.0. The Hall–Kier alpha value is -2.13. The van der Waals surface area contributed by atoms with Crippen LogP contribution in [0.4, 0.5) is 5.69 Å². The van der Waals surface area contributed by atoms with Crippen LogP contribution in [0, 0.1) is 0 Å². The van der Waals surface area contributed by atoms with Crippen LogP contribution in [0.5, 0.6) is 0 Å². The second-order valence-corrected chi connectivity index (χ2v) is 6.02. The Labute approximate surface area is 137 Å². The minimum atomic E-state index is 0.0617. The number of ether oxygens (including phenoxy) is 1. The molecule has 2 aromatic carbocycles. The van der Waals surface area contributed by atoms with Crippen molar-refractivity contribution >= 4 is 11.6 Å². The molecule has 1 N–H and O–H groups in total. The monoisotopic (exact) mass is 309 g/mol. The first-order valence-corrected chi connectivity index (χ1v) is 8.38. The van der Waals surface area contributed by atoms with E-state index in [0.717, 1.165) is 37.1 Å². The van der Waals surface area contributed by atoms with Crippen molar-refractivity contribution in [2.45, 2.75) is 38.2 Å². The molecule has 3 rings (SSSR count). The minimum Gasteiger partial charge on any atom is -0.378 e. The molecule has 0 aromatic heterocycles. The second-order valence-electron chi connectivity index (χ2n) is 6.02. The average Bonchev–Trinajstić information content (AvgIpc) is 2.62. The highest BCUT2D eigenvalue weighted by molar-refractivity contribution is 5.91. The van der Waals surface area contributed by atoms with Crippen LogP contribution in [-0.2, 0) is 9.53 Å². The molecular weight excluding hydrogens is 286 g/mol.